The second kappa shape index (κ2) is 17.7. The molecule has 0 heterocycles. The summed E-state index contributed by atoms with van der Waals surface area (Å²) in [5, 5.41) is 8.76. The summed E-state index contributed by atoms with van der Waals surface area (Å²) < 4.78 is 10.2. The highest BCUT2D eigenvalue weighted by Crippen LogP contribution is 2.11. The number of rotatable bonds is 17. The van der Waals surface area contributed by atoms with E-state index in [1.807, 2.05) is 0 Å². The molecule has 136 valence electrons. The number of carboxylic acids is 1. The highest BCUT2D eigenvalue weighted by Gasteiger charge is 2.01. The molecule has 0 amide bonds. The van der Waals surface area contributed by atoms with Gasteiger partial charge in [0, 0.05) is 0 Å². The Labute approximate surface area is 146 Å². The summed E-state index contributed by atoms with van der Waals surface area (Å²) in [5.74, 6) is -0.992. The topological polar surface area (TPSA) is 55.8 Å². The van der Waals surface area contributed by atoms with Crippen LogP contribution in [0.5, 0.6) is 0 Å². The number of thiocarbonyl (C=S) groups is 1. The van der Waals surface area contributed by atoms with Crippen LogP contribution in [0.2, 0.25) is 0 Å². The molecule has 5 heteroatoms. The van der Waals surface area contributed by atoms with E-state index in [4.69, 9.17) is 26.8 Å². The first-order valence-corrected chi connectivity index (χ1v) is 9.52. The lowest BCUT2D eigenvalue weighted by atomic mass is 10.1. The van der Waals surface area contributed by atoms with Crippen LogP contribution in [0.3, 0.4) is 0 Å². The van der Waals surface area contributed by atoms with Crippen LogP contribution in [-0.2, 0) is 14.3 Å². The Kier molecular flexibility index (Phi) is 17.1. The fourth-order valence-corrected chi connectivity index (χ4v) is 2.56. The van der Waals surface area contributed by atoms with Crippen LogP contribution in [0.1, 0.15) is 84.0 Å². The van der Waals surface area contributed by atoms with Gasteiger partial charge in [0.15, 0.2) is 5.05 Å². The van der Waals surface area contributed by atoms with Crippen molar-refractivity contribution in [3.05, 3.63) is 0 Å². The summed E-state index contributed by atoms with van der Waals surface area (Å²) in [5.41, 5.74) is 0. The Balaban J connectivity index is 3.12. The first kappa shape index (κ1) is 22.3. The molecule has 0 aliphatic rings. The minimum absolute atomic E-state index is 0.0832. The van der Waals surface area contributed by atoms with Crippen molar-refractivity contribution in [3.63, 3.8) is 0 Å². The molecule has 0 fully saturated rings. The average molecular weight is 347 g/mol. The Morgan fingerprint density at radius 3 is 1.78 bits per heavy atom. The van der Waals surface area contributed by atoms with Crippen molar-refractivity contribution in [3.8, 4) is 0 Å². The summed E-state index contributed by atoms with van der Waals surface area (Å²) in [6.07, 6.45) is 15.7. The van der Waals surface area contributed by atoms with E-state index in [2.05, 4.69) is 6.92 Å². The fraction of sp³-hybridized carbons (Fsp3) is 0.889. The lowest BCUT2D eigenvalue weighted by Gasteiger charge is -2.07. The first-order valence-electron chi connectivity index (χ1n) is 9.12. The first-order chi connectivity index (χ1) is 11.2. The monoisotopic (exact) mass is 346 g/mol. The van der Waals surface area contributed by atoms with E-state index < -0.39 is 5.97 Å². The number of carboxylic acid groups (broad SMARTS) is 1. The normalized spacial score (nSPS) is 10.7. The maximum Gasteiger partial charge on any atom is 0.329 e. The molecule has 23 heavy (non-hydrogen) atoms. The van der Waals surface area contributed by atoms with Gasteiger partial charge in [-0.1, -0.05) is 77.6 Å². The Morgan fingerprint density at radius 2 is 1.30 bits per heavy atom. The van der Waals surface area contributed by atoms with E-state index in [-0.39, 0.29) is 13.2 Å². The van der Waals surface area contributed by atoms with Gasteiger partial charge < -0.3 is 14.6 Å². The molecule has 4 nitrogen and oxygen atoms in total. The molecule has 0 unspecified atom stereocenters. The number of unbranched alkanes of at least 4 members (excludes halogenated alkanes) is 11. The zero-order chi connectivity index (χ0) is 17.2. The van der Waals surface area contributed by atoms with E-state index in [9.17, 15) is 4.79 Å². The second-order valence-corrected chi connectivity index (χ2v) is 6.45. The fourth-order valence-electron chi connectivity index (χ4n) is 2.39. The minimum Gasteiger partial charge on any atom is -0.485 e. The zero-order valence-corrected chi connectivity index (χ0v) is 15.5. The number of ether oxygens (including phenoxy) is 2. The van der Waals surface area contributed by atoms with Gasteiger partial charge in [0.1, 0.15) is 13.2 Å². The standard InChI is InChI=1S/C18H34O4S/c1-2-3-4-5-6-7-8-9-10-11-12-13-14-22-18(23)16-21-15-17(19)20/h2-16H2,1H3,(H,19,20). The molecule has 0 saturated heterocycles. The smallest absolute Gasteiger partial charge is 0.329 e. The van der Waals surface area contributed by atoms with Gasteiger partial charge in [0.2, 0.25) is 0 Å². The Bertz CT molecular complexity index is 295. The molecule has 0 radical (unpaired) electrons. The number of aliphatic carboxylic acids is 1. The van der Waals surface area contributed by atoms with Gasteiger partial charge in [0.05, 0.1) is 6.61 Å². The second-order valence-electron chi connectivity index (χ2n) is 6.00. The van der Waals surface area contributed by atoms with Crippen molar-refractivity contribution >= 4 is 23.2 Å². The Morgan fingerprint density at radius 1 is 0.826 bits per heavy atom. The third-order valence-corrected chi connectivity index (χ3v) is 3.94. The lowest BCUT2D eigenvalue weighted by Crippen LogP contribution is -2.15. The highest BCUT2D eigenvalue weighted by atomic mass is 32.1. The van der Waals surface area contributed by atoms with E-state index in [0.717, 1.165) is 12.8 Å². The highest BCUT2D eigenvalue weighted by molar-refractivity contribution is 7.80. The van der Waals surface area contributed by atoms with Gasteiger partial charge >= 0.3 is 5.97 Å². The van der Waals surface area contributed by atoms with Crippen molar-refractivity contribution in [1.29, 1.82) is 0 Å². The predicted molar refractivity (Wildman–Crippen MR) is 98.1 cm³/mol. The van der Waals surface area contributed by atoms with Crippen LogP contribution in [0.4, 0.5) is 0 Å². The summed E-state index contributed by atoms with van der Waals surface area (Å²) in [6.45, 7) is 2.61. The molecule has 0 aromatic carbocycles. The van der Waals surface area contributed by atoms with Gasteiger partial charge in [-0.05, 0) is 18.6 Å². The largest absolute Gasteiger partial charge is 0.485 e. The SMILES string of the molecule is CCCCCCCCCCCCCCOC(=S)COCC(=O)O. The van der Waals surface area contributed by atoms with Crippen molar-refractivity contribution in [1.82, 2.24) is 0 Å². The molecular formula is C18H34O4S. The van der Waals surface area contributed by atoms with Crippen LogP contribution in [0.25, 0.3) is 0 Å². The van der Waals surface area contributed by atoms with Gasteiger partial charge in [0.25, 0.3) is 0 Å². The van der Waals surface area contributed by atoms with Crippen LogP contribution in [0.15, 0.2) is 0 Å². The molecule has 0 atom stereocenters. The van der Waals surface area contributed by atoms with Gasteiger partial charge in [-0.15, -0.1) is 0 Å². The predicted octanol–water partition coefficient (Wildman–Crippen LogP) is 5.13. The van der Waals surface area contributed by atoms with Gasteiger partial charge in [-0.25, -0.2) is 4.79 Å². The maximum absolute atomic E-state index is 10.3. The molecule has 0 bridgehead atoms. The Hall–Kier alpha value is -0.680. The molecule has 0 aromatic rings. The molecule has 0 spiro atoms. The molecule has 1 N–H and O–H groups in total. The van der Waals surface area contributed by atoms with Gasteiger partial charge in [-0.2, -0.15) is 0 Å². The third kappa shape index (κ3) is 19.3. The van der Waals surface area contributed by atoms with Gasteiger partial charge in [-0.3, -0.25) is 0 Å². The van der Waals surface area contributed by atoms with Crippen molar-refractivity contribution in [2.45, 2.75) is 84.0 Å². The van der Waals surface area contributed by atoms with E-state index in [1.54, 1.807) is 0 Å². The third-order valence-electron chi connectivity index (χ3n) is 3.71. The van der Waals surface area contributed by atoms with E-state index >= 15 is 0 Å². The van der Waals surface area contributed by atoms with Crippen molar-refractivity contribution in [2.75, 3.05) is 19.8 Å². The number of hydrogen-bond acceptors (Lipinski definition) is 4. The quantitative estimate of drug-likeness (QED) is 0.292. The summed E-state index contributed by atoms with van der Waals surface area (Å²) in [6, 6.07) is 0. The maximum atomic E-state index is 10.3. The summed E-state index contributed by atoms with van der Waals surface area (Å²) in [7, 11) is 0. The average Bonchev–Trinajstić information content (AvgIpc) is 2.51. The summed E-state index contributed by atoms with van der Waals surface area (Å²) in [4.78, 5) is 10.3. The van der Waals surface area contributed by atoms with Crippen LogP contribution < -0.4 is 0 Å². The van der Waals surface area contributed by atoms with Crippen molar-refractivity contribution in [2.24, 2.45) is 0 Å². The lowest BCUT2D eigenvalue weighted by molar-refractivity contribution is -0.141. The number of hydrogen-bond donors (Lipinski definition) is 1. The molecular weight excluding hydrogens is 312 g/mol. The van der Waals surface area contributed by atoms with Crippen LogP contribution in [-0.4, -0.2) is 35.9 Å². The zero-order valence-electron chi connectivity index (χ0n) is 14.7. The van der Waals surface area contributed by atoms with Crippen LogP contribution in [0, 0.1) is 0 Å². The molecule has 0 rings (SSSR count). The molecule has 0 aliphatic heterocycles. The van der Waals surface area contributed by atoms with Crippen LogP contribution >= 0.6 is 12.2 Å². The summed E-state index contributed by atoms with van der Waals surface area (Å²) >= 11 is 4.95. The molecule has 0 aromatic heterocycles. The number of carbonyl (C=O) groups is 1. The minimum atomic E-state index is -0.992. The molecule has 0 saturated carbocycles. The van der Waals surface area contributed by atoms with E-state index in [1.165, 1.54) is 64.2 Å². The molecule has 0 aliphatic carbocycles. The van der Waals surface area contributed by atoms with Crippen molar-refractivity contribution < 1.29 is 19.4 Å². The van der Waals surface area contributed by atoms with E-state index in [0.29, 0.717) is 11.7 Å².